The normalized spacial score (nSPS) is 15.0. The van der Waals surface area contributed by atoms with Crippen LogP contribution in [0.25, 0.3) is 0 Å². The highest BCUT2D eigenvalue weighted by atomic mass is 28.2. The number of hydrogen-bond donors (Lipinski definition) is 0. The molecule has 0 aliphatic heterocycles. The molecule has 2 unspecified atom stereocenters. The molecule has 0 saturated carbocycles. The molecule has 0 spiro atoms. The van der Waals surface area contributed by atoms with Gasteiger partial charge in [-0.15, -0.1) is 0 Å². The molecule has 0 heterocycles. The Morgan fingerprint density at radius 3 is 1.80 bits per heavy atom. The largest absolute Gasteiger partial charge is 0.528 e. The Labute approximate surface area is 161 Å². The molecular weight excluding hydrogens is 324 g/mol. The lowest BCUT2D eigenvalue weighted by Crippen LogP contribution is -2.38. The van der Waals surface area contributed by atoms with E-state index in [0.717, 1.165) is 12.8 Å². The molecule has 0 aromatic heterocycles. The van der Waals surface area contributed by atoms with Crippen LogP contribution in [-0.2, 0) is 9.22 Å². The third-order valence-corrected chi connectivity index (χ3v) is 6.50. The Morgan fingerprint density at radius 1 is 0.840 bits per heavy atom. The third-order valence-electron chi connectivity index (χ3n) is 6.13. The van der Waals surface area contributed by atoms with Gasteiger partial charge in [-0.25, -0.2) is 0 Å². The highest BCUT2D eigenvalue weighted by molar-refractivity contribution is 6.06. The second-order valence-corrected chi connectivity index (χ2v) is 8.38. The van der Waals surface area contributed by atoms with E-state index in [1.807, 2.05) is 0 Å². The van der Waals surface area contributed by atoms with Gasteiger partial charge < -0.3 is 4.43 Å². The highest BCUT2D eigenvalue weighted by Gasteiger charge is 2.41. The van der Waals surface area contributed by atoms with E-state index in [2.05, 4.69) is 27.7 Å². The third kappa shape index (κ3) is 9.82. The first-order valence-electron chi connectivity index (χ1n) is 11.2. The van der Waals surface area contributed by atoms with Gasteiger partial charge in [-0.05, 0) is 25.2 Å². The predicted molar refractivity (Wildman–Crippen MR) is 114 cm³/mol. The van der Waals surface area contributed by atoms with E-state index in [1.165, 1.54) is 83.5 Å². The average molecular weight is 371 g/mol. The summed E-state index contributed by atoms with van der Waals surface area (Å²) in [6.45, 7) is 9.01. The maximum atomic E-state index is 12.7. The number of carbonyl (C=O) groups is 1. The Balaban J connectivity index is 4.44. The highest BCUT2D eigenvalue weighted by Crippen LogP contribution is 2.41. The smallest absolute Gasteiger partial charge is 0.298 e. The van der Waals surface area contributed by atoms with Crippen LogP contribution in [0.5, 0.6) is 0 Å². The van der Waals surface area contributed by atoms with Crippen molar-refractivity contribution in [2.24, 2.45) is 11.3 Å². The van der Waals surface area contributed by atoms with Crippen molar-refractivity contribution in [1.82, 2.24) is 0 Å². The zero-order chi connectivity index (χ0) is 19.0. The summed E-state index contributed by atoms with van der Waals surface area (Å²) < 4.78 is 5.38. The SMILES string of the molecule is CCCCCCCCC(C)C(CC)(CCCCCCCC)C(=O)O[SiH3]. The topological polar surface area (TPSA) is 26.3 Å². The second-order valence-electron chi connectivity index (χ2n) is 7.98. The molecular formula is C22H46O2Si. The minimum absolute atomic E-state index is 0.0914. The molecule has 0 saturated heterocycles. The summed E-state index contributed by atoms with van der Waals surface area (Å²) in [6.07, 6.45) is 18.8. The molecule has 25 heavy (non-hydrogen) atoms. The minimum atomic E-state index is -0.226. The zero-order valence-corrected chi connectivity index (χ0v) is 20.0. The Hall–Kier alpha value is -0.313. The maximum absolute atomic E-state index is 12.7. The van der Waals surface area contributed by atoms with Gasteiger partial charge in [-0.1, -0.05) is 105 Å². The van der Waals surface area contributed by atoms with E-state index >= 15 is 0 Å². The maximum Gasteiger partial charge on any atom is 0.298 e. The van der Waals surface area contributed by atoms with Gasteiger partial charge in [0.15, 0.2) is 0 Å². The lowest BCUT2D eigenvalue weighted by molar-refractivity contribution is -0.150. The van der Waals surface area contributed by atoms with E-state index in [0.29, 0.717) is 16.4 Å². The van der Waals surface area contributed by atoms with E-state index in [1.54, 1.807) is 0 Å². The van der Waals surface area contributed by atoms with E-state index in [4.69, 9.17) is 4.43 Å². The zero-order valence-electron chi connectivity index (χ0n) is 18.0. The standard InChI is InChI=1S/C22H46O2Si/c1-5-8-10-12-14-16-18-20(4)22(7-3,21(23)24-25)19-17-15-13-11-9-6-2/h20H,5-19H2,1-4,25H3. The van der Waals surface area contributed by atoms with Crippen LogP contribution < -0.4 is 0 Å². The van der Waals surface area contributed by atoms with Crippen LogP contribution in [0.2, 0.25) is 0 Å². The van der Waals surface area contributed by atoms with Gasteiger partial charge in [0, 0.05) is 0 Å². The molecule has 0 bridgehead atoms. The Kier molecular flexibility index (Phi) is 15.7. The summed E-state index contributed by atoms with van der Waals surface area (Å²) in [5.74, 6) is 0.537. The van der Waals surface area contributed by atoms with Gasteiger partial charge in [0.2, 0.25) is 10.5 Å². The molecule has 0 aliphatic carbocycles. The number of rotatable bonds is 17. The van der Waals surface area contributed by atoms with Crippen molar-refractivity contribution in [3.05, 3.63) is 0 Å². The fourth-order valence-electron chi connectivity index (χ4n) is 4.15. The second kappa shape index (κ2) is 15.9. The van der Waals surface area contributed by atoms with Gasteiger partial charge in [0.1, 0.15) is 0 Å². The molecule has 0 aromatic carbocycles. The molecule has 3 heteroatoms. The van der Waals surface area contributed by atoms with Gasteiger partial charge in [-0.3, -0.25) is 4.79 Å². The van der Waals surface area contributed by atoms with Crippen LogP contribution in [0.1, 0.15) is 124 Å². The van der Waals surface area contributed by atoms with Gasteiger partial charge >= 0.3 is 0 Å². The fraction of sp³-hybridized carbons (Fsp3) is 0.955. The summed E-state index contributed by atoms with van der Waals surface area (Å²) in [5.41, 5.74) is -0.226. The Morgan fingerprint density at radius 2 is 1.32 bits per heavy atom. The van der Waals surface area contributed by atoms with Crippen LogP contribution in [0.4, 0.5) is 0 Å². The summed E-state index contributed by atoms with van der Waals surface area (Å²) >= 11 is 0. The molecule has 0 N–H and O–H groups in total. The van der Waals surface area contributed by atoms with Crippen molar-refractivity contribution in [2.45, 2.75) is 124 Å². The summed E-state index contributed by atoms with van der Waals surface area (Å²) in [5, 5.41) is 0. The summed E-state index contributed by atoms with van der Waals surface area (Å²) in [6, 6.07) is 0. The molecule has 0 rings (SSSR count). The van der Waals surface area contributed by atoms with Crippen molar-refractivity contribution in [3.8, 4) is 0 Å². The van der Waals surface area contributed by atoms with Crippen molar-refractivity contribution >= 4 is 16.5 Å². The molecule has 150 valence electrons. The summed E-state index contributed by atoms with van der Waals surface area (Å²) in [4.78, 5) is 12.7. The molecule has 2 atom stereocenters. The first kappa shape index (κ1) is 24.7. The number of unbranched alkanes of at least 4 members (excludes halogenated alkanes) is 10. The monoisotopic (exact) mass is 370 g/mol. The predicted octanol–water partition coefficient (Wildman–Crippen LogP) is 6.34. The van der Waals surface area contributed by atoms with E-state index in [-0.39, 0.29) is 11.4 Å². The first-order chi connectivity index (χ1) is 12.1. The van der Waals surface area contributed by atoms with Crippen LogP contribution in [0.3, 0.4) is 0 Å². The van der Waals surface area contributed by atoms with Crippen LogP contribution >= 0.6 is 0 Å². The minimum Gasteiger partial charge on any atom is -0.528 e. The van der Waals surface area contributed by atoms with Crippen molar-refractivity contribution < 1.29 is 9.22 Å². The number of hydrogen-bond acceptors (Lipinski definition) is 2. The van der Waals surface area contributed by atoms with Crippen LogP contribution in [0, 0.1) is 11.3 Å². The van der Waals surface area contributed by atoms with E-state index < -0.39 is 0 Å². The molecule has 0 aromatic rings. The Bertz CT molecular complexity index is 319. The quantitative estimate of drug-likeness (QED) is 0.220. The molecule has 0 aliphatic rings. The molecule has 0 amide bonds. The molecule has 2 nitrogen and oxygen atoms in total. The van der Waals surface area contributed by atoms with Crippen molar-refractivity contribution in [1.29, 1.82) is 0 Å². The molecule has 0 fully saturated rings. The number of carbonyl (C=O) groups excluding carboxylic acids is 1. The van der Waals surface area contributed by atoms with Gasteiger partial charge in [0.05, 0.1) is 5.41 Å². The van der Waals surface area contributed by atoms with Gasteiger partial charge in [0.25, 0.3) is 5.97 Å². The fourth-order valence-corrected chi connectivity index (χ4v) is 4.56. The van der Waals surface area contributed by atoms with Crippen LogP contribution in [0.15, 0.2) is 0 Å². The average Bonchev–Trinajstić information content (AvgIpc) is 2.63. The van der Waals surface area contributed by atoms with Crippen LogP contribution in [-0.4, -0.2) is 16.5 Å². The lowest BCUT2D eigenvalue weighted by atomic mass is 9.69. The van der Waals surface area contributed by atoms with Crippen molar-refractivity contribution in [2.75, 3.05) is 0 Å². The van der Waals surface area contributed by atoms with E-state index in [9.17, 15) is 4.79 Å². The summed E-state index contributed by atoms with van der Waals surface area (Å²) in [7, 11) is 0.522. The lowest BCUT2D eigenvalue weighted by Gasteiger charge is -2.36. The first-order valence-corrected chi connectivity index (χ1v) is 12.0. The van der Waals surface area contributed by atoms with Gasteiger partial charge in [-0.2, -0.15) is 0 Å². The van der Waals surface area contributed by atoms with Crippen molar-refractivity contribution in [3.63, 3.8) is 0 Å². The molecule has 0 radical (unpaired) electrons.